The van der Waals surface area contributed by atoms with E-state index >= 15 is 0 Å². The molecule has 0 spiro atoms. The third-order valence-electron chi connectivity index (χ3n) is 4.43. The van der Waals surface area contributed by atoms with Crippen molar-refractivity contribution in [2.24, 2.45) is 13.0 Å². The van der Waals surface area contributed by atoms with Crippen molar-refractivity contribution < 1.29 is 13.2 Å². The maximum Gasteiger partial charge on any atom is 0.262 e. The average molecular weight is 363 g/mol. The maximum atomic E-state index is 12.7. The molecule has 0 atom stereocenters. The molecule has 0 aliphatic carbocycles. The molecular formula is C16H21N5O3S. The summed E-state index contributed by atoms with van der Waals surface area (Å²) >= 11 is 0. The van der Waals surface area contributed by atoms with E-state index in [1.54, 1.807) is 42.9 Å². The highest BCUT2D eigenvalue weighted by Crippen LogP contribution is 2.24. The van der Waals surface area contributed by atoms with Gasteiger partial charge in [-0.25, -0.2) is 18.4 Å². The molecule has 3 rings (SSSR count). The van der Waals surface area contributed by atoms with E-state index in [4.69, 9.17) is 0 Å². The molecule has 1 saturated heterocycles. The summed E-state index contributed by atoms with van der Waals surface area (Å²) in [6, 6.07) is 5.30. The summed E-state index contributed by atoms with van der Waals surface area (Å²) in [5.41, 5.74) is 0. The van der Waals surface area contributed by atoms with E-state index in [2.05, 4.69) is 15.3 Å². The number of hydrogen-bond acceptors (Lipinski definition) is 5. The van der Waals surface area contributed by atoms with E-state index in [1.807, 2.05) is 0 Å². The summed E-state index contributed by atoms with van der Waals surface area (Å²) in [4.78, 5) is 20.5. The lowest BCUT2D eigenvalue weighted by molar-refractivity contribution is -0.120. The van der Waals surface area contributed by atoms with Crippen molar-refractivity contribution in [3.8, 4) is 0 Å². The number of rotatable bonds is 4. The lowest BCUT2D eigenvalue weighted by Gasteiger charge is -2.29. The third-order valence-corrected chi connectivity index (χ3v) is 6.20. The van der Waals surface area contributed by atoms with Crippen LogP contribution in [-0.2, 0) is 21.9 Å². The minimum absolute atomic E-state index is 0.0592. The van der Waals surface area contributed by atoms with Gasteiger partial charge in [-0.05, 0) is 31.9 Å². The van der Waals surface area contributed by atoms with Gasteiger partial charge >= 0.3 is 0 Å². The molecule has 2 aromatic rings. The van der Waals surface area contributed by atoms with Gasteiger partial charge in [0.1, 0.15) is 11.6 Å². The first kappa shape index (κ1) is 17.6. The molecule has 2 aromatic heterocycles. The van der Waals surface area contributed by atoms with Gasteiger partial charge in [0.15, 0.2) is 5.03 Å². The molecule has 0 bridgehead atoms. The molecule has 0 saturated carbocycles. The molecule has 25 heavy (non-hydrogen) atoms. The summed E-state index contributed by atoms with van der Waals surface area (Å²) < 4.78 is 28.4. The van der Waals surface area contributed by atoms with Gasteiger partial charge in [-0.2, -0.15) is 4.31 Å². The van der Waals surface area contributed by atoms with Gasteiger partial charge in [-0.3, -0.25) is 4.79 Å². The smallest absolute Gasteiger partial charge is 0.262 e. The van der Waals surface area contributed by atoms with E-state index in [-0.39, 0.29) is 16.9 Å². The Hall–Kier alpha value is -2.26. The normalized spacial score (nSPS) is 16.7. The first-order valence-corrected chi connectivity index (χ1v) is 9.54. The fraction of sp³-hybridized carbons (Fsp3) is 0.438. The number of pyridine rings is 1. The summed E-state index contributed by atoms with van der Waals surface area (Å²) in [6.07, 6.45) is 4.08. The molecule has 1 fully saturated rings. The maximum absolute atomic E-state index is 12.7. The molecule has 8 nitrogen and oxygen atoms in total. The van der Waals surface area contributed by atoms with Crippen LogP contribution in [0.15, 0.2) is 35.6 Å². The first-order valence-electron chi connectivity index (χ1n) is 8.10. The minimum Gasteiger partial charge on any atom is -0.337 e. The number of carbonyl (C=O) groups is 1. The van der Waals surface area contributed by atoms with Crippen LogP contribution in [0.5, 0.6) is 0 Å². The summed E-state index contributed by atoms with van der Waals surface area (Å²) in [5, 5.41) is 2.83. The van der Waals surface area contributed by atoms with Gasteiger partial charge in [0.2, 0.25) is 5.91 Å². The van der Waals surface area contributed by atoms with E-state index in [1.165, 1.54) is 10.5 Å². The Morgan fingerprint density at radius 1 is 1.28 bits per heavy atom. The van der Waals surface area contributed by atoms with Crippen LogP contribution in [0.4, 0.5) is 5.82 Å². The average Bonchev–Trinajstić information content (AvgIpc) is 2.96. The number of sulfonamides is 1. The van der Waals surface area contributed by atoms with Crippen molar-refractivity contribution in [2.45, 2.75) is 24.8 Å². The predicted octanol–water partition coefficient (Wildman–Crippen LogP) is 1.16. The van der Waals surface area contributed by atoms with Crippen molar-refractivity contribution in [3.05, 3.63) is 36.4 Å². The van der Waals surface area contributed by atoms with Gasteiger partial charge in [-0.1, -0.05) is 6.07 Å². The zero-order valence-corrected chi connectivity index (χ0v) is 15.0. The van der Waals surface area contributed by atoms with Crippen LogP contribution in [0.3, 0.4) is 0 Å². The quantitative estimate of drug-likeness (QED) is 0.879. The molecule has 9 heteroatoms. The number of carbonyl (C=O) groups excluding carboxylic acids is 1. The first-order chi connectivity index (χ1) is 11.9. The monoisotopic (exact) mass is 363 g/mol. The van der Waals surface area contributed by atoms with Gasteiger partial charge in [0, 0.05) is 38.4 Å². The highest BCUT2D eigenvalue weighted by Gasteiger charge is 2.33. The SMILES string of the molecule is Cc1nc(S(=O)(=O)N2CCC(C(=O)Nc3ccccn3)CC2)cn1C. The zero-order chi connectivity index (χ0) is 18.0. The van der Waals surface area contributed by atoms with Gasteiger partial charge < -0.3 is 9.88 Å². The molecule has 0 unspecified atom stereocenters. The second-order valence-electron chi connectivity index (χ2n) is 6.12. The highest BCUT2D eigenvalue weighted by atomic mass is 32.2. The van der Waals surface area contributed by atoms with Crippen LogP contribution in [0.2, 0.25) is 0 Å². The van der Waals surface area contributed by atoms with Gasteiger partial charge in [0.25, 0.3) is 10.0 Å². The van der Waals surface area contributed by atoms with Crippen LogP contribution in [0.25, 0.3) is 0 Å². The molecule has 1 aliphatic heterocycles. The Kier molecular flexibility index (Phi) is 4.87. The lowest BCUT2D eigenvalue weighted by Crippen LogP contribution is -2.41. The second kappa shape index (κ2) is 6.93. The predicted molar refractivity (Wildman–Crippen MR) is 92.3 cm³/mol. The fourth-order valence-corrected chi connectivity index (χ4v) is 4.30. The number of anilines is 1. The van der Waals surface area contributed by atoms with Crippen LogP contribution in [-0.4, -0.2) is 46.3 Å². The van der Waals surface area contributed by atoms with Crippen LogP contribution in [0, 0.1) is 12.8 Å². The number of piperidine rings is 1. The van der Waals surface area contributed by atoms with Crippen molar-refractivity contribution in [3.63, 3.8) is 0 Å². The van der Waals surface area contributed by atoms with Crippen molar-refractivity contribution >= 4 is 21.7 Å². The standard InChI is InChI=1S/C16H21N5O3S/c1-12-18-15(11-20(12)2)25(23,24)21-9-6-13(7-10-21)16(22)19-14-5-3-4-8-17-14/h3-5,8,11,13H,6-7,9-10H2,1-2H3,(H,17,19,22). The van der Waals surface area contributed by atoms with Crippen molar-refractivity contribution in [1.82, 2.24) is 18.8 Å². The Labute approximate surface area is 146 Å². The van der Waals surface area contributed by atoms with E-state index in [9.17, 15) is 13.2 Å². The number of imidazole rings is 1. The Balaban J connectivity index is 1.62. The van der Waals surface area contributed by atoms with Crippen molar-refractivity contribution in [2.75, 3.05) is 18.4 Å². The number of hydrogen-bond donors (Lipinski definition) is 1. The fourth-order valence-electron chi connectivity index (χ4n) is 2.81. The molecule has 1 N–H and O–H groups in total. The van der Waals surface area contributed by atoms with Crippen LogP contribution >= 0.6 is 0 Å². The van der Waals surface area contributed by atoms with Gasteiger partial charge in [-0.15, -0.1) is 0 Å². The molecule has 3 heterocycles. The zero-order valence-electron chi connectivity index (χ0n) is 14.2. The van der Waals surface area contributed by atoms with E-state index in [0.717, 1.165) is 0 Å². The van der Waals surface area contributed by atoms with Gasteiger partial charge in [0.05, 0.1) is 0 Å². The Morgan fingerprint density at radius 2 is 2.00 bits per heavy atom. The largest absolute Gasteiger partial charge is 0.337 e. The Morgan fingerprint density at radius 3 is 2.56 bits per heavy atom. The number of nitrogens with zero attached hydrogens (tertiary/aromatic N) is 4. The molecule has 1 amide bonds. The number of amides is 1. The summed E-state index contributed by atoms with van der Waals surface area (Å²) in [5.74, 6) is 0.804. The number of aromatic nitrogens is 3. The van der Waals surface area contributed by atoms with E-state index in [0.29, 0.717) is 37.6 Å². The van der Waals surface area contributed by atoms with Crippen LogP contribution < -0.4 is 5.32 Å². The molecule has 1 aliphatic rings. The summed E-state index contributed by atoms with van der Waals surface area (Å²) in [7, 11) is -1.85. The topological polar surface area (TPSA) is 97.2 Å². The lowest BCUT2D eigenvalue weighted by atomic mass is 9.97. The second-order valence-corrected chi connectivity index (χ2v) is 8.00. The number of nitrogens with one attached hydrogen (secondary N) is 1. The Bertz CT molecular complexity index is 836. The molecule has 0 aromatic carbocycles. The highest BCUT2D eigenvalue weighted by molar-refractivity contribution is 7.89. The molecule has 134 valence electrons. The molecule has 0 radical (unpaired) electrons. The van der Waals surface area contributed by atoms with Crippen LogP contribution in [0.1, 0.15) is 18.7 Å². The number of aryl methyl sites for hydroxylation is 2. The summed E-state index contributed by atoms with van der Waals surface area (Å²) in [6.45, 7) is 2.36. The molecular weight excluding hydrogens is 342 g/mol. The van der Waals surface area contributed by atoms with E-state index < -0.39 is 10.0 Å². The minimum atomic E-state index is -3.61. The third kappa shape index (κ3) is 3.72. The van der Waals surface area contributed by atoms with Crippen molar-refractivity contribution in [1.29, 1.82) is 0 Å².